The van der Waals surface area contributed by atoms with E-state index < -0.39 is 46.6 Å². The van der Waals surface area contributed by atoms with E-state index >= 15 is 0 Å². The van der Waals surface area contributed by atoms with E-state index in [-0.39, 0.29) is 26.4 Å². The first-order valence-corrected chi connectivity index (χ1v) is 14.7. The smallest absolute Gasteiger partial charge is 0.337 e. The van der Waals surface area contributed by atoms with Crippen molar-refractivity contribution in [3.63, 3.8) is 0 Å². The molecule has 5 atom stereocenters. The van der Waals surface area contributed by atoms with Crippen molar-refractivity contribution in [2.45, 2.75) is 50.3 Å². The molecule has 0 spiro atoms. The second kappa shape index (κ2) is 14.5. The van der Waals surface area contributed by atoms with Gasteiger partial charge in [0, 0.05) is 0 Å². The summed E-state index contributed by atoms with van der Waals surface area (Å²) in [4.78, 5) is 13.0. The number of carbonyl (C=O) groups is 1. The van der Waals surface area contributed by atoms with Gasteiger partial charge in [-0.3, -0.25) is 4.18 Å². The second-order valence-electron chi connectivity index (χ2n) is 9.39. The van der Waals surface area contributed by atoms with E-state index in [9.17, 15) is 13.2 Å². The lowest BCUT2D eigenvalue weighted by Gasteiger charge is -2.45. The Hall–Kier alpha value is -3.12. The summed E-state index contributed by atoms with van der Waals surface area (Å²) in [5, 5.41) is 0. The van der Waals surface area contributed by atoms with Crippen molar-refractivity contribution < 1.29 is 41.1 Å². The lowest BCUT2D eigenvalue weighted by molar-refractivity contribution is -0.268. The maximum atomic E-state index is 13.0. The number of rotatable bonds is 13. The minimum Gasteiger partial charge on any atom is -0.467 e. The number of benzene rings is 3. The van der Waals surface area contributed by atoms with Gasteiger partial charge in [-0.15, -0.1) is 0 Å². The normalized spacial score (nSPS) is 23.0. The van der Waals surface area contributed by atoms with E-state index in [0.29, 0.717) is 0 Å². The molecule has 1 aliphatic heterocycles. The van der Waals surface area contributed by atoms with Crippen molar-refractivity contribution in [2.24, 2.45) is 0 Å². The summed E-state index contributed by atoms with van der Waals surface area (Å²) in [7, 11) is -2.56. The quantitative estimate of drug-likeness (QED) is 0.225. The Kier molecular flexibility index (Phi) is 10.8. The van der Waals surface area contributed by atoms with Crippen LogP contribution in [0.3, 0.4) is 0 Å². The Morgan fingerprint density at radius 1 is 0.700 bits per heavy atom. The summed E-state index contributed by atoms with van der Waals surface area (Å²) in [6.07, 6.45) is -3.90. The summed E-state index contributed by atoms with van der Waals surface area (Å²) in [5.74, 6) is -0.683. The van der Waals surface area contributed by atoms with Crippen molar-refractivity contribution in [3.05, 3.63) is 108 Å². The second-order valence-corrected chi connectivity index (χ2v) is 11.0. The van der Waals surface area contributed by atoms with Gasteiger partial charge in [0.05, 0.1) is 39.8 Å². The van der Waals surface area contributed by atoms with Gasteiger partial charge >= 0.3 is 5.97 Å². The van der Waals surface area contributed by atoms with Gasteiger partial charge in [0.2, 0.25) is 0 Å². The predicted octanol–water partition coefficient (Wildman–Crippen LogP) is 3.66. The molecule has 0 aromatic heterocycles. The average Bonchev–Trinajstić information content (AvgIpc) is 2.97. The molecule has 0 aliphatic carbocycles. The summed E-state index contributed by atoms with van der Waals surface area (Å²) >= 11 is 0. The Labute approximate surface area is 235 Å². The molecule has 0 amide bonds. The minimum atomic E-state index is -3.81. The average molecular weight is 571 g/mol. The molecule has 214 valence electrons. The number of ether oxygens (including phenoxy) is 5. The molecule has 9 nitrogen and oxygen atoms in total. The highest BCUT2D eigenvalue weighted by Crippen LogP contribution is 2.31. The van der Waals surface area contributed by atoms with Crippen LogP contribution in [0.15, 0.2) is 91.0 Å². The molecule has 1 heterocycles. The number of carbonyl (C=O) groups excluding carboxylic acids is 1. The summed E-state index contributed by atoms with van der Waals surface area (Å²) < 4.78 is 59.1. The van der Waals surface area contributed by atoms with E-state index in [2.05, 4.69) is 0 Å². The predicted molar refractivity (Wildman–Crippen MR) is 147 cm³/mol. The zero-order valence-corrected chi connectivity index (χ0v) is 23.3. The van der Waals surface area contributed by atoms with Crippen molar-refractivity contribution >= 4 is 16.1 Å². The zero-order chi connectivity index (χ0) is 28.4. The summed E-state index contributed by atoms with van der Waals surface area (Å²) in [6.45, 7) is 0.158. The number of esters is 1. The van der Waals surface area contributed by atoms with E-state index in [0.717, 1.165) is 22.9 Å². The molecular formula is C30H34O9S. The van der Waals surface area contributed by atoms with Gasteiger partial charge in [0.25, 0.3) is 10.1 Å². The molecule has 0 N–H and O–H groups in total. The Balaban J connectivity index is 1.67. The maximum absolute atomic E-state index is 13.0. The first-order valence-electron chi connectivity index (χ1n) is 12.9. The van der Waals surface area contributed by atoms with Crippen molar-refractivity contribution in [3.8, 4) is 0 Å². The van der Waals surface area contributed by atoms with Gasteiger partial charge in [-0.1, -0.05) is 91.0 Å². The standard InChI is InChI=1S/C30H34O9S/c1-34-30(31)29-28(37-20-24-16-10-5-11-17-24)27(36-19-23-14-8-4-9-15-23)26(25(39-29)21-38-40(2,32)33)35-18-22-12-6-3-7-13-22/h3-17,25-29H,18-21H2,1-2H3/t25-,26?,27+,28+,29?/m0/s1. The molecule has 4 rings (SSSR count). The van der Waals surface area contributed by atoms with Crippen LogP contribution in [0.5, 0.6) is 0 Å². The van der Waals surface area contributed by atoms with E-state index in [1.54, 1.807) is 0 Å². The lowest BCUT2D eigenvalue weighted by Crippen LogP contribution is -2.63. The number of hydrogen-bond acceptors (Lipinski definition) is 9. The van der Waals surface area contributed by atoms with Crippen LogP contribution in [0.4, 0.5) is 0 Å². The molecule has 10 heteroatoms. The van der Waals surface area contributed by atoms with E-state index in [4.69, 9.17) is 27.9 Å². The van der Waals surface area contributed by atoms with Crippen molar-refractivity contribution in [1.82, 2.24) is 0 Å². The van der Waals surface area contributed by atoms with E-state index in [1.165, 1.54) is 7.11 Å². The molecule has 0 saturated carbocycles. The number of methoxy groups -OCH3 is 1. The van der Waals surface area contributed by atoms with Crippen LogP contribution < -0.4 is 0 Å². The molecule has 3 aromatic carbocycles. The van der Waals surface area contributed by atoms with Crippen LogP contribution >= 0.6 is 0 Å². The SMILES string of the molecule is COC(=O)C1O[C@@H](COS(C)(=O)=O)C(OCc2ccccc2)[C@@H](OCc2ccccc2)[C@H]1OCc1ccccc1. The van der Waals surface area contributed by atoms with Gasteiger partial charge in [-0.05, 0) is 16.7 Å². The third-order valence-corrected chi connectivity index (χ3v) is 6.93. The van der Waals surface area contributed by atoms with Crippen LogP contribution in [0.25, 0.3) is 0 Å². The molecule has 1 saturated heterocycles. The van der Waals surface area contributed by atoms with Crippen LogP contribution in [-0.2, 0) is 62.6 Å². The molecule has 1 aliphatic rings. The van der Waals surface area contributed by atoms with E-state index in [1.807, 2.05) is 91.0 Å². The fourth-order valence-electron chi connectivity index (χ4n) is 4.42. The Morgan fingerprint density at radius 3 is 1.55 bits per heavy atom. The van der Waals surface area contributed by atoms with Crippen LogP contribution in [0, 0.1) is 0 Å². The largest absolute Gasteiger partial charge is 0.467 e. The number of hydrogen-bond donors (Lipinski definition) is 0. The lowest BCUT2D eigenvalue weighted by atomic mass is 9.94. The fourth-order valence-corrected chi connectivity index (χ4v) is 4.80. The summed E-state index contributed by atoms with van der Waals surface area (Å²) in [5.41, 5.74) is 2.68. The molecule has 0 bridgehead atoms. The molecule has 40 heavy (non-hydrogen) atoms. The van der Waals surface area contributed by atoms with Gasteiger partial charge < -0.3 is 23.7 Å². The molecule has 2 unspecified atom stereocenters. The first-order chi connectivity index (χ1) is 19.3. The maximum Gasteiger partial charge on any atom is 0.337 e. The fraction of sp³-hybridized carbons (Fsp3) is 0.367. The zero-order valence-electron chi connectivity index (χ0n) is 22.5. The van der Waals surface area contributed by atoms with Crippen molar-refractivity contribution in [1.29, 1.82) is 0 Å². The van der Waals surface area contributed by atoms with Gasteiger partial charge in [-0.2, -0.15) is 8.42 Å². The topological polar surface area (TPSA) is 107 Å². The van der Waals surface area contributed by atoms with Crippen molar-refractivity contribution in [2.75, 3.05) is 20.0 Å². The van der Waals surface area contributed by atoms with Gasteiger partial charge in [-0.25, -0.2) is 4.79 Å². The van der Waals surface area contributed by atoms with Crippen LogP contribution in [0.2, 0.25) is 0 Å². The first kappa shape index (κ1) is 29.9. The van der Waals surface area contributed by atoms with Crippen LogP contribution in [-0.4, -0.2) is 64.9 Å². The monoisotopic (exact) mass is 570 g/mol. The molecule has 0 radical (unpaired) electrons. The Bertz CT molecular complexity index is 1290. The van der Waals surface area contributed by atoms with Crippen LogP contribution in [0.1, 0.15) is 16.7 Å². The highest BCUT2D eigenvalue weighted by Gasteiger charge is 2.51. The third kappa shape index (κ3) is 8.69. The third-order valence-electron chi connectivity index (χ3n) is 6.37. The minimum absolute atomic E-state index is 0.170. The van der Waals surface area contributed by atoms with Gasteiger partial charge in [0.15, 0.2) is 6.10 Å². The molecule has 1 fully saturated rings. The molecular weight excluding hydrogens is 536 g/mol. The highest BCUT2D eigenvalue weighted by molar-refractivity contribution is 7.85. The highest BCUT2D eigenvalue weighted by atomic mass is 32.2. The van der Waals surface area contributed by atoms with Gasteiger partial charge in [0.1, 0.15) is 24.4 Å². The Morgan fingerprint density at radius 2 is 1.12 bits per heavy atom. The summed E-state index contributed by atoms with van der Waals surface area (Å²) in [6, 6.07) is 28.5. The molecule has 3 aromatic rings.